The number of amides is 1. The first-order valence-corrected chi connectivity index (χ1v) is 9.73. The Kier molecular flexibility index (Phi) is 4.81. The molecule has 1 aromatic carbocycles. The van der Waals surface area contributed by atoms with Gasteiger partial charge in [0.05, 0.1) is 11.9 Å². The zero-order chi connectivity index (χ0) is 18.8. The molecule has 8 heteroatoms. The smallest absolute Gasteiger partial charge is 0.246 e. The van der Waals surface area contributed by atoms with Crippen LogP contribution in [0.5, 0.6) is 0 Å². The highest BCUT2D eigenvalue weighted by Gasteiger charge is 2.27. The van der Waals surface area contributed by atoms with E-state index < -0.39 is 0 Å². The van der Waals surface area contributed by atoms with Gasteiger partial charge < -0.3 is 15.1 Å². The largest absolute Gasteiger partial charge is 0.352 e. The monoisotopic (exact) mass is 382 g/mol. The number of nitrogens with one attached hydrogen (secondary N) is 1. The molecule has 27 heavy (non-hydrogen) atoms. The van der Waals surface area contributed by atoms with Crippen LogP contribution < -0.4 is 10.2 Å². The molecular formula is C19H22N6OS. The van der Waals surface area contributed by atoms with Crippen LogP contribution in [-0.4, -0.2) is 53.2 Å². The van der Waals surface area contributed by atoms with Crippen LogP contribution in [0.1, 0.15) is 5.56 Å². The molecule has 0 bridgehead atoms. The first-order chi connectivity index (χ1) is 13.2. The Morgan fingerprint density at radius 1 is 1.33 bits per heavy atom. The van der Waals surface area contributed by atoms with Crippen molar-refractivity contribution in [1.29, 1.82) is 0 Å². The topological polar surface area (TPSA) is 65.8 Å². The molecule has 140 valence electrons. The van der Waals surface area contributed by atoms with E-state index >= 15 is 0 Å². The van der Waals surface area contributed by atoms with Gasteiger partial charge in [0.15, 0.2) is 5.96 Å². The molecule has 0 unspecified atom stereocenters. The number of rotatable bonds is 3. The van der Waals surface area contributed by atoms with Crippen molar-refractivity contribution in [3.8, 4) is 0 Å². The minimum absolute atomic E-state index is 0.0539. The van der Waals surface area contributed by atoms with E-state index in [1.807, 2.05) is 18.1 Å². The van der Waals surface area contributed by atoms with Gasteiger partial charge in [-0.15, -0.1) is 11.3 Å². The van der Waals surface area contributed by atoms with Crippen molar-refractivity contribution >= 4 is 39.0 Å². The summed E-state index contributed by atoms with van der Waals surface area (Å²) in [5.74, 6) is 0.808. The number of aryl methyl sites for hydroxylation is 1. The number of carbonyl (C=O) groups is 1. The SMILES string of the molecule is CN=C(NCc1csc2ccccc12)N1CCN(c2cnn(C)c2)C(=O)C1. The lowest BCUT2D eigenvalue weighted by Crippen LogP contribution is -2.55. The average molecular weight is 382 g/mol. The van der Waals surface area contributed by atoms with Gasteiger partial charge in [0.25, 0.3) is 0 Å². The first-order valence-electron chi connectivity index (χ1n) is 8.85. The normalized spacial score (nSPS) is 15.6. The molecule has 2 aromatic heterocycles. The number of aromatic nitrogens is 2. The minimum atomic E-state index is 0.0539. The number of guanidine groups is 1. The highest BCUT2D eigenvalue weighted by atomic mass is 32.1. The van der Waals surface area contributed by atoms with Crippen LogP contribution in [0.2, 0.25) is 0 Å². The van der Waals surface area contributed by atoms with Crippen LogP contribution in [0.3, 0.4) is 0 Å². The van der Waals surface area contributed by atoms with Gasteiger partial charge in [-0.25, -0.2) is 0 Å². The number of hydrogen-bond donors (Lipinski definition) is 1. The Hall–Kier alpha value is -2.87. The summed E-state index contributed by atoms with van der Waals surface area (Å²) in [7, 11) is 3.61. The number of anilines is 1. The summed E-state index contributed by atoms with van der Waals surface area (Å²) in [4.78, 5) is 20.8. The number of piperazine rings is 1. The van der Waals surface area contributed by atoms with Gasteiger partial charge in [-0.3, -0.25) is 14.5 Å². The summed E-state index contributed by atoms with van der Waals surface area (Å²) in [5, 5.41) is 11.0. The van der Waals surface area contributed by atoms with Gasteiger partial charge >= 0.3 is 0 Å². The second-order valence-corrected chi connectivity index (χ2v) is 7.41. The fraction of sp³-hybridized carbons (Fsp3) is 0.316. The molecule has 1 fully saturated rings. The Morgan fingerprint density at radius 3 is 2.93 bits per heavy atom. The van der Waals surface area contributed by atoms with E-state index in [1.165, 1.54) is 15.6 Å². The van der Waals surface area contributed by atoms with E-state index in [4.69, 9.17) is 0 Å². The molecule has 0 atom stereocenters. The van der Waals surface area contributed by atoms with E-state index in [0.717, 1.165) is 18.2 Å². The molecule has 1 saturated heterocycles. The van der Waals surface area contributed by atoms with E-state index in [0.29, 0.717) is 19.6 Å². The lowest BCUT2D eigenvalue weighted by Gasteiger charge is -2.35. The average Bonchev–Trinajstić information content (AvgIpc) is 3.29. The van der Waals surface area contributed by atoms with Crippen LogP contribution >= 0.6 is 11.3 Å². The van der Waals surface area contributed by atoms with Crippen molar-refractivity contribution in [1.82, 2.24) is 20.0 Å². The van der Waals surface area contributed by atoms with Crippen molar-refractivity contribution in [2.45, 2.75) is 6.54 Å². The molecule has 1 aliphatic heterocycles. The second kappa shape index (κ2) is 7.40. The number of hydrogen-bond acceptors (Lipinski definition) is 4. The van der Waals surface area contributed by atoms with Crippen LogP contribution in [0.25, 0.3) is 10.1 Å². The zero-order valence-corrected chi connectivity index (χ0v) is 16.2. The fourth-order valence-corrected chi connectivity index (χ4v) is 4.31. The van der Waals surface area contributed by atoms with Gasteiger partial charge in [0, 0.05) is 44.6 Å². The standard InChI is InChI=1S/C19H22N6OS/c1-20-19(21-9-14-13-27-17-6-4-3-5-16(14)17)24-7-8-25(18(26)12-24)15-10-22-23(2)11-15/h3-6,10-11,13H,7-9,12H2,1-2H3,(H,20,21). The molecule has 0 radical (unpaired) electrons. The molecule has 3 heterocycles. The maximum absolute atomic E-state index is 12.6. The van der Waals surface area contributed by atoms with Crippen molar-refractivity contribution in [3.05, 3.63) is 47.6 Å². The molecule has 4 rings (SSSR count). The highest BCUT2D eigenvalue weighted by molar-refractivity contribution is 7.17. The second-order valence-electron chi connectivity index (χ2n) is 6.50. The van der Waals surface area contributed by atoms with Crippen molar-refractivity contribution in [3.63, 3.8) is 0 Å². The Morgan fingerprint density at radius 2 is 2.19 bits per heavy atom. The molecule has 0 aliphatic carbocycles. The number of nitrogens with zero attached hydrogens (tertiary/aromatic N) is 5. The van der Waals surface area contributed by atoms with E-state index in [2.05, 4.69) is 45.1 Å². The lowest BCUT2D eigenvalue weighted by atomic mass is 10.2. The van der Waals surface area contributed by atoms with Crippen LogP contribution in [0.15, 0.2) is 47.0 Å². The van der Waals surface area contributed by atoms with Crippen molar-refractivity contribution in [2.75, 3.05) is 31.6 Å². The summed E-state index contributed by atoms with van der Waals surface area (Å²) in [5.41, 5.74) is 2.09. The van der Waals surface area contributed by atoms with Gasteiger partial charge in [0.1, 0.15) is 6.54 Å². The van der Waals surface area contributed by atoms with Crippen molar-refractivity contribution < 1.29 is 4.79 Å². The van der Waals surface area contributed by atoms with Crippen LogP contribution in [0, 0.1) is 0 Å². The summed E-state index contributed by atoms with van der Waals surface area (Å²) in [6, 6.07) is 8.39. The summed E-state index contributed by atoms with van der Waals surface area (Å²) < 4.78 is 2.99. The predicted molar refractivity (Wildman–Crippen MR) is 109 cm³/mol. The lowest BCUT2D eigenvalue weighted by molar-refractivity contribution is -0.120. The van der Waals surface area contributed by atoms with E-state index in [9.17, 15) is 4.79 Å². The maximum atomic E-state index is 12.6. The molecule has 1 N–H and O–H groups in total. The van der Waals surface area contributed by atoms with E-state index in [-0.39, 0.29) is 5.91 Å². The number of carbonyl (C=O) groups excluding carboxylic acids is 1. The molecule has 1 aliphatic rings. The predicted octanol–water partition coefficient (Wildman–Crippen LogP) is 2.06. The zero-order valence-electron chi connectivity index (χ0n) is 15.4. The highest BCUT2D eigenvalue weighted by Crippen LogP contribution is 2.25. The van der Waals surface area contributed by atoms with Crippen LogP contribution in [0.4, 0.5) is 5.69 Å². The Balaban J connectivity index is 1.41. The molecule has 0 spiro atoms. The first kappa shape index (κ1) is 17.5. The number of fused-ring (bicyclic) bond motifs is 1. The Labute approximate surface area is 161 Å². The number of benzene rings is 1. The van der Waals surface area contributed by atoms with Crippen molar-refractivity contribution in [2.24, 2.45) is 12.0 Å². The number of thiophene rings is 1. The molecule has 3 aromatic rings. The summed E-state index contributed by atoms with van der Waals surface area (Å²) in [6.07, 6.45) is 3.59. The van der Waals surface area contributed by atoms with Gasteiger partial charge in [-0.05, 0) is 22.4 Å². The van der Waals surface area contributed by atoms with Gasteiger partial charge in [-0.1, -0.05) is 18.2 Å². The third-order valence-corrected chi connectivity index (χ3v) is 5.75. The van der Waals surface area contributed by atoms with Crippen LogP contribution in [-0.2, 0) is 18.4 Å². The van der Waals surface area contributed by atoms with Gasteiger partial charge in [-0.2, -0.15) is 5.10 Å². The maximum Gasteiger partial charge on any atom is 0.246 e. The quantitative estimate of drug-likeness (QED) is 0.556. The fourth-order valence-electron chi connectivity index (χ4n) is 3.35. The number of aliphatic imine (C=N–C) groups is 1. The molecular weight excluding hydrogens is 360 g/mol. The molecule has 7 nitrogen and oxygen atoms in total. The molecule has 0 saturated carbocycles. The third-order valence-electron chi connectivity index (χ3n) is 4.73. The van der Waals surface area contributed by atoms with Gasteiger partial charge in [0.2, 0.25) is 5.91 Å². The third kappa shape index (κ3) is 3.52. The Bertz CT molecular complexity index is 991. The van der Waals surface area contributed by atoms with E-state index in [1.54, 1.807) is 34.2 Å². The summed E-state index contributed by atoms with van der Waals surface area (Å²) in [6.45, 7) is 2.34. The minimum Gasteiger partial charge on any atom is -0.352 e. The molecule has 1 amide bonds. The summed E-state index contributed by atoms with van der Waals surface area (Å²) >= 11 is 1.75.